The number of hydrogen-bond donors (Lipinski definition) is 1. The highest BCUT2D eigenvalue weighted by molar-refractivity contribution is 5.93. The quantitative estimate of drug-likeness (QED) is 0.575. The van der Waals surface area contributed by atoms with Gasteiger partial charge in [-0.2, -0.15) is 0 Å². The van der Waals surface area contributed by atoms with Crippen LogP contribution in [0.1, 0.15) is 43.7 Å². The minimum atomic E-state index is -0.296. The molecular formula is C22H33N3O4. The molecule has 1 saturated carbocycles. The monoisotopic (exact) mass is 403 g/mol. The summed E-state index contributed by atoms with van der Waals surface area (Å²) in [5, 5.41) is 2.99. The van der Waals surface area contributed by atoms with Gasteiger partial charge in [-0.15, -0.1) is 0 Å². The third-order valence-corrected chi connectivity index (χ3v) is 5.07. The number of amides is 2. The third kappa shape index (κ3) is 7.85. The molecule has 2 amide bonds. The first-order valence-electron chi connectivity index (χ1n) is 10.3. The predicted molar refractivity (Wildman–Crippen MR) is 113 cm³/mol. The van der Waals surface area contributed by atoms with Crippen LogP contribution in [0.25, 0.3) is 0 Å². The molecule has 7 heteroatoms. The summed E-state index contributed by atoms with van der Waals surface area (Å²) in [6.07, 6.45) is 2.64. The normalized spacial score (nSPS) is 13.3. The molecule has 1 aliphatic rings. The number of hydrogen-bond acceptors (Lipinski definition) is 5. The highest BCUT2D eigenvalue weighted by Crippen LogP contribution is 2.27. The molecule has 0 unspecified atom stereocenters. The second kappa shape index (κ2) is 11.0. The average Bonchev–Trinajstić information content (AvgIpc) is 3.51. The molecule has 160 valence electrons. The van der Waals surface area contributed by atoms with Crippen LogP contribution < -0.4 is 5.32 Å². The Labute approximate surface area is 173 Å². The summed E-state index contributed by atoms with van der Waals surface area (Å²) < 4.78 is 4.89. The summed E-state index contributed by atoms with van der Waals surface area (Å²) in [5.41, 5.74) is 2.96. The number of esters is 1. The topological polar surface area (TPSA) is 79.0 Å². The maximum Gasteiger partial charge on any atom is 0.307 e. The van der Waals surface area contributed by atoms with Gasteiger partial charge in [-0.25, -0.2) is 0 Å². The van der Waals surface area contributed by atoms with Crippen molar-refractivity contribution in [3.05, 3.63) is 29.3 Å². The summed E-state index contributed by atoms with van der Waals surface area (Å²) in [6, 6.07) is 6.36. The molecule has 7 nitrogen and oxygen atoms in total. The van der Waals surface area contributed by atoms with E-state index in [0.717, 1.165) is 29.7 Å². The van der Waals surface area contributed by atoms with E-state index in [1.807, 2.05) is 32.0 Å². The second-order valence-corrected chi connectivity index (χ2v) is 7.69. The predicted octanol–water partition coefficient (Wildman–Crippen LogP) is 2.51. The fraction of sp³-hybridized carbons (Fsp3) is 0.591. The zero-order chi connectivity index (χ0) is 21.4. The molecule has 1 aliphatic carbocycles. The largest absolute Gasteiger partial charge is 0.466 e. The summed E-state index contributed by atoms with van der Waals surface area (Å²) in [5.74, 6) is -0.390. The number of carbonyl (C=O) groups is 3. The zero-order valence-corrected chi connectivity index (χ0v) is 18.0. The number of rotatable bonds is 11. The van der Waals surface area contributed by atoms with Gasteiger partial charge in [-0.05, 0) is 50.8 Å². The molecule has 29 heavy (non-hydrogen) atoms. The van der Waals surface area contributed by atoms with Crippen molar-refractivity contribution in [2.45, 2.75) is 52.5 Å². The number of anilines is 1. The maximum absolute atomic E-state index is 12.5. The lowest BCUT2D eigenvalue weighted by Crippen LogP contribution is -2.38. The van der Waals surface area contributed by atoms with E-state index < -0.39 is 0 Å². The van der Waals surface area contributed by atoms with Crippen LogP contribution in [0.3, 0.4) is 0 Å². The molecule has 0 spiro atoms. The molecule has 2 rings (SSSR count). The lowest BCUT2D eigenvalue weighted by atomic mass is 10.1. The van der Waals surface area contributed by atoms with Crippen molar-refractivity contribution in [1.29, 1.82) is 0 Å². The second-order valence-electron chi connectivity index (χ2n) is 7.69. The van der Waals surface area contributed by atoms with E-state index in [1.54, 1.807) is 18.9 Å². The van der Waals surface area contributed by atoms with Crippen molar-refractivity contribution in [3.63, 3.8) is 0 Å². The van der Waals surface area contributed by atoms with Crippen molar-refractivity contribution in [3.8, 4) is 0 Å². The van der Waals surface area contributed by atoms with Crippen LogP contribution in [-0.4, -0.2) is 66.9 Å². The van der Waals surface area contributed by atoms with Crippen LogP contribution in [0, 0.1) is 13.8 Å². The lowest BCUT2D eigenvalue weighted by Gasteiger charge is -2.23. The van der Waals surface area contributed by atoms with E-state index in [0.29, 0.717) is 32.2 Å². The molecule has 0 radical (unpaired) electrons. The van der Waals surface area contributed by atoms with E-state index >= 15 is 0 Å². The molecule has 0 aliphatic heterocycles. The Morgan fingerprint density at radius 3 is 2.52 bits per heavy atom. The summed E-state index contributed by atoms with van der Waals surface area (Å²) >= 11 is 0. The van der Waals surface area contributed by atoms with Gasteiger partial charge in [-0.3, -0.25) is 19.3 Å². The van der Waals surface area contributed by atoms with Gasteiger partial charge in [0.15, 0.2) is 0 Å². The number of ether oxygens (including phenoxy) is 1. The van der Waals surface area contributed by atoms with Crippen LogP contribution in [0.4, 0.5) is 5.69 Å². The fourth-order valence-electron chi connectivity index (χ4n) is 3.12. The van der Waals surface area contributed by atoms with Gasteiger partial charge in [0.25, 0.3) is 0 Å². The molecular weight excluding hydrogens is 370 g/mol. The minimum absolute atomic E-state index is 0.0325. The Morgan fingerprint density at radius 1 is 1.14 bits per heavy atom. The van der Waals surface area contributed by atoms with Gasteiger partial charge in [-0.1, -0.05) is 12.1 Å². The molecule has 1 N–H and O–H groups in total. The van der Waals surface area contributed by atoms with Gasteiger partial charge >= 0.3 is 5.97 Å². The van der Waals surface area contributed by atoms with Gasteiger partial charge in [0, 0.05) is 38.3 Å². The number of nitrogens with one attached hydrogen (secondary N) is 1. The van der Waals surface area contributed by atoms with E-state index in [-0.39, 0.29) is 30.7 Å². The highest BCUT2D eigenvalue weighted by atomic mass is 16.5. The van der Waals surface area contributed by atoms with Crippen molar-refractivity contribution >= 4 is 23.5 Å². The van der Waals surface area contributed by atoms with E-state index in [4.69, 9.17) is 4.74 Å². The van der Waals surface area contributed by atoms with Crippen molar-refractivity contribution in [1.82, 2.24) is 9.80 Å². The fourth-order valence-corrected chi connectivity index (χ4v) is 3.12. The minimum Gasteiger partial charge on any atom is -0.466 e. The first-order chi connectivity index (χ1) is 13.8. The van der Waals surface area contributed by atoms with Gasteiger partial charge in [0.1, 0.15) is 0 Å². The van der Waals surface area contributed by atoms with E-state index in [9.17, 15) is 14.4 Å². The SMILES string of the molecule is CCOC(=O)CCN(C)C(=O)CCN(CC(=O)Nc1cc(C)ccc1C)C1CC1. The molecule has 1 fully saturated rings. The Hall–Kier alpha value is -2.41. The Balaban J connectivity index is 1.81. The molecule has 0 atom stereocenters. The van der Waals surface area contributed by atoms with E-state index in [1.165, 1.54) is 0 Å². The van der Waals surface area contributed by atoms with E-state index in [2.05, 4.69) is 10.2 Å². The molecule has 1 aromatic rings. The number of aryl methyl sites for hydroxylation is 2. The van der Waals surface area contributed by atoms with Gasteiger partial charge in [0.2, 0.25) is 11.8 Å². The number of benzene rings is 1. The molecule has 0 saturated heterocycles. The summed E-state index contributed by atoms with van der Waals surface area (Å²) in [7, 11) is 1.69. The van der Waals surface area contributed by atoms with Crippen LogP contribution in [0.5, 0.6) is 0 Å². The molecule has 0 bridgehead atoms. The van der Waals surface area contributed by atoms with Crippen LogP contribution >= 0.6 is 0 Å². The molecule has 0 aromatic heterocycles. The van der Waals surface area contributed by atoms with Crippen molar-refractivity contribution in [2.24, 2.45) is 0 Å². The third-order valence-electron chi connectivity index (χ3n) is 5.07. The Kier molecular flexibility index (Phi) is 8.64. The van der Waals surface area contributed by atoms with Crippen LogP contribution in [-0.2, 0) is 19.1 Å². The molecule has 1 aromatic carbocycles. The Bertz CT molecular complexity index is 731. The maximum atomic E-state index is 12.5. The Morgan fingerprint density at radius 2 is 1.86 bits per heavy atom. The lowest BCUT2D eigenvalue weighted by molar-refractivity contribution is -0.144. The average molecular weight is 404 g/mol. The summed E-state index contributed by atoms with van der Waals surface area (Å²) in [6.45, 7) is 7.22. The standard InChI is InChI=1S/C22H33N3O4/c1-5-29-22(28)11-12-24(4)21(27)10-13-25(18-8-9-18)15-20(26)23-19-14-16(2)6-7-17(19)3/h6-7,14,18H,5,8-13,15H2,1-4H3,(H,23,26). The smallest absolute Gasteiger partial charge is 0.307 e. The molecule has 0 heterocycles. The van der Waals surface area contributed by atoms with Crippen molar-refractivity contribution in [2.75, 3.05) is 38.6 Å². The van der Waals surface area contributed by atoms with Crippen molar-refractivity contribution < 1.29 is 19.1 Å². The summed E-state index contributed by atoms with van der Waals surface area (Å²) in [4.78, 5) is 40.0. The van der Waals surface area contributed by atoms with Crippen LogP contribution in [0.15, 0.2) is 18.2 Å². The number of carbonyl (C=O) groups excluding carboxylic acids is 3. The van der Waals surface area contributed by atoms with Gasteiger partial charge in [0.05, 0.1) is 19.6 Å². The first-order valence-corrected chi connectivity index (χ1v) is 10.3. The highest BCUT2D eigenvalue weighted by Gasteiger charge is 2.30. The zero-order valence-electron chi connectivity index (χ0n) is 18.0. The number of nitrogens with zero attached hydrogens (tertiary/aromatic N) is 2. The first kappa shape index (κ1) is 22.9. The van der Waals surface area contributed by atoms with Gasteiger partial charge < -0.3 is 15.0 Å². The van der Waals surface area contributed by atoms with Crippen LogP contribution in [0.2, 0.25) is 0 Å².